The van der Waals surface area contributed by atoms with E-state index in [9.17, 15) is 9.59 Å². The summed E-state index contributed by atoms with van der Waals surface area (Å²) >= 11 is 0. The fourth-order valence-corrected chi connectivity index (χ4v) is 3.45. The summed E-state index contributed by atoms with van der Waals surface area (Å²) in [5, 5.41) is 3.12. The summed E-state index contributed by atoms with van der Waals surface area (Å²) in [6.45, 7) is 0.578. The maximum atomic E-state index is 12.5. The Morgan fingerprint density at radius 1 is 1.00 bits per heavy atom. The first kappa shape index (κ1) is 15.8. The van der Waals surface area contributed by atoms with Crippen molar-refractivity contribution in [3.63, 3.8) is 0 Å². The van der Waals surface area contributed by atoms with Gasteiger partial charge in [0.2, 0.25) is 5.91 Å². The molecule has 1 heterocycles. The number of ether oxygens (including phenoxy) is 1. The lowest BCUT2D eigenvalue weighted by Gasteiger charge is -2.27. The molecule has 2 fully saturated rings. The van der Waals surface area contributed by atoms with E-state index >= 15 is 0 Å². The van der Waals surface area contributed by atoms with Crippen molar-refractivity contribution in [1.29, 1.82) is 0 Å². The van der Waals surface area contributed by atoms with E-state index in [4.69, 9.17) is 4.74 Å². The molecule has 0 spiro atoms. The van der Waals surface area contributed by atoms with Gasteiger partial charge in [-0.3, -0.25) is 9.69 Å². The fraction of sp³-hybridized carbons (Fsp3) is 0.556. The summed E-state index contributed by atoms with van der Waals surface area (Å²) in [5.74, 6) is 0.482. The third-order valence-corrected chi connectivity index (χ3v) is 4.69. The Kier molecular flexibility index (Phi) is 5.16. The van der Waals surface area contributed by atoms with Gasteiger partial charge in [-0.15, -0.1) is 0 Å². The van der Waals surface area contributed by atoms with Crippen molar-refractivity contribution in [2.24, 2.45) is 0 Å². The van der Waals surface area contributed by atoms with Crippen LogP contribution in [0.25, 0.3) is 0 Å². The Bertz CT molecular complexity index is 540. The van der Waals surface area contributed by atoms with Gasteiger partial charge in [0.05, 0.1) is 0 Å². The minimum Gasteiger partial charge on any atom is -0.410 e. The van der Waals surface area contributed by atoms with Gasteiger partial charge >= 0.3 is 6.09 Å². The Hall–Kier alpha value is -2.04. The van der Waals surface area contributed by atoms with E-state index in [1.165, 1.54) is 19.3 Å². The van der Waals surface area contributed by atoms with Crippen LogP contribution in [0.2, 0.25) is 0 Å². The molecule has 2 aliphatic rings. The molecule has 0 bridgehead atoms. The third kappa shape index (κ3) is 4.03. The highest BCUT2D eigenvalue weighted by molar-refractivity contribution is 5.86. The molecular formula is C18H24N2O3. The molecule has 3 rings (SSSR count). The Morgan fingerprint density at radius 2 is 1.74 bits per heavy atom. The molecule has 5 heteroatoms. The molecule has 124 valence electrons. The van der Waals surface area contributed by atoms with Crippen molar-refractivity contribution in [2.75, 3.05) is 6.54 Å². The second-order valence-electron chi connectivity index (χ2n) is 6.38. The minimum atomic E-state index is -0.433. The zero-order valence-corrected chi connectivity index (χ0v) is 13.4. The number of para-hydroxylation sites is 1. The van der Waals surface area contributed by atoms with Gasteiger partial charge in [-0.1, -0.05) is 37.5 Å². The van der Waals surface area contributed by atoms with Gasteiger partial charge in [0.15, 0.2) is 0 Å². The predicted octanol–water partition coefficient (Wildman–Crippen LogP) is 3.10. The number of nitrogens with zero attached hydrogens (tertiary/aromatic N) is 1. The van der Waals surface area contributed by atoms with Gasteiger partial charge in [0.1, 0.15) is 11.8 Å². The molecule has 1 aromatic carbocycles. The molecule has 1 saturated carbocycles. The second kappa shape index (κ2) is 7.49. The minimum absolute atomic E-state index is 0.0283. The average molecular weight is 316 g/mol. The van der Waals surface area contributed by atoms with Crippen LogP contribution in [-0.4, -0.2) is 35.5 Å². The zero-order chi connectivity index (χ0) is 16.1. The largest absolute Gasteiger partial charge is 0.415 e. The van der Waals surface area contributed by atoms with Crippen LogP contribution in [-0.2, 0) is 4.79 Å². The van der Waals surface area contributed by atoms with Crippen molar-refractivity contribution >= 4 is 12.0 Å². The van der Waals surface area contributed by atoms with E-state index in [0.29, 0.717) is 18.7 Å². The first-order chi connectivity index (χ1) is 11.2. The number of carbonyl (C=O) groups is 2. The number of benzene rings is 1. The lowest BCUT2D eigenvalue weighted by Crippen LogP contribution is -2.49. The SMILES string of the molecule is O=C(NC1CCCCC1)C1CCCN1C(=O)Oc1ccccc1. The third-order valence-electron chi connectivity index (χ3n) is 4.69. The number of likely N-dealkylation sites (tertiary alicyclic amines) is 1. The van der Waals surface area contributed by atoms with Crippen molar-refractivity contribution < 1.29 is 14.3 Å². The first-order valence-corrected chi connectivity index (χ1v) is 8.58. The highest BCUT2D eigenvalue weighted by atomic mass is 16.6. The molecule has 23 heavy (non-hydrogen) atoms. The molecular weight excluding hydrogens is 292 g/mol. The van der Waals surface area contributed by atoms with Crippen LogP contribution < -0.4 is 10.1 Å². The summed E-state index contributed by atoms with van der Waals surface area (Å²) in [7, 11) is 0. The average Bonchev–Trinajstić information content (AvgIpc) is 3.06. The van der Waals surface area contributed by atoms with Gasteiger partial charge in [0, 0.05) is 12.6 Å². The van der Waals surface area contributed by atoms with E-state index < -0.39 is 12.1 Å². The molecule has 1 atom stereocenters. The number of hydrogen-bond acceptors (Lipinski definition) is 3. The van der Waals surface area contributed by atoms with Gasteiger partial charge in [-0.05, 0) is 37.8 Å². The predicted molar refractivity (Wildman–Crippen MR) is 87.2 cm³/mol. The molecule has 5 nitrogen and oxygen atoms in total. The molecule has 1 saturated heterocycles. The monoisotopic (exact) mass is 316 g/mol. The first-order valence-electron chi connectivity index (χ1n) is 8.58. The Balaban J connectivity index is 1.58. The summed E-state index contributed by atoms with van der Waals surface area (Å²) in [4.78, 5) is 26.4. The van der Waals surface area contributed by atoms with E-state index in [2.05, 4.69) is 5.32 Å². The summed E-state index contributed by atoms with van der Waals surface area (Å²) in [6, 6.07) is 8.86. The maximum absolute atomic E-state index is 12.5. The van der Waals surface area contributed by atoms with Gasteiger partial charge < -0.3 is 10.1 Å². The fourth-order valence-electron chi connectivity index (χ4n) is 3.45. The van der Waals surface area contributed by atoms with Crippen LogP contribution in [0, 0.1) is 0 Å². The van der Waals surface area contributed by atoms with Crippen LogP contribution in [0.15, 0.2) is 30.3 Å². The van der Waals surface area contributed by atoms with E-state index in [1.807, 2.05) is 18.2 Å². The number of nitrogens with one attached hydrogen (secondary N) is 1. The standard InChI is InChI=1S/C18H24N2O3/c21-17(19-14-8-3-1-4-9-14)16-12-7-13-20(16)18(22)23-15-10-5-2-6-11-15/h2,5-6,10-11,14,16H,1,3-4,7-9,12-13H2,(H,19,21). The normalized spacial score (nSPS) is 21.9. The van der Waals surface area contributed by atoms with Crippen LogP contribution in [0.3, 0.4) is 0 Å². The van der Waals surface area contributed by atoms with Crippen molar-refractivity contribution in [2.45, 2.75) is 57.0 Å². The molecule has 1 unspecified atom stereocenters. The maximum Gasteiger partial charge on any atom is 0.415 e. The molecule has 1 N–H and O–H groups in total. The lowest BCUT2D eigenvalue weighted by molar-refractivity contribution is -0.125. The van der Waals surface area contributed by atoms with E-state index in [0.717, 1.165) is 19.3 Å². The lowest BCUT2D eigenvalue weighted by atomic mass is 9.95. The van der Waals surface area contributed by atoms with Crippen molar-refractivity contribution in [3.8, 4) is 5.75 Å². The summed E-state index contributed by atoms with van der Waals surface area (Å²) in [6.07, 6.45) is 6.82. The van der Waals surface area contributed by atoms with Crippen LogP contribution in [0.5, 0.6) is 5.75 Å². The summed E-state index contributed by atoms with van der Waals surface area (Å²) < 4.78 is 5.38. The molecule has 1 aromatic rings. The molecule has 1 aliphatic heterocycles. The second-order valence-corrected chi connectivity index (χ2v) is 6.38. The molecule has 0 aromatic heterocycles. The highest BCUT2D eigenvalue weighted by Gasteiger charge is 2.36. The smallest absolute Gasteiger partial charge is 0.410 e. The van der Waals surface area contributed by atoms with Crippen LogP contribution >= 0.6 is 0 Å². The van der Waals surface area contributed by atoms with Gasteiger partial charge in [-0.2, -0.15) is 0 Å². The number of amides is 2. The Morgan fingerprint density at radius 3 is 2.48 bits per heavy atom. The Labute approximate surface area is 137 Å². The van der Waals surface area contributed by atoms with Crippen LogP contribution in [0.1, 0.15) is 44.9 Å². The van der Waals surface area contributed by atoms with Crippen LogP contribution in [0.4, 0.5) is 4.79 Å². The van der Waals surface area contributed by atoms with E-state index in [-0.39, 0.29) is 11.9 Å². The van der Waals surface area contributed by atoms with Gasteiger partial charge in [0.25, 0.3) is 0 Å². The topological polar surface area (TPSA) is 58.6 Å². The van der Waals surface area contributed by atoms with Crippen molar-refractivity contribution in [3.05, 3.63) is 30.3 Å². The molecule has 2 amide bonds. The number of carbonyl (C=O) groups excluding carboxylic acids is 2. The number of hydrogen-bond donors (Lipinski definition) is 1. The number of rotatable bonds is 3. The summed E-state index contributed by atoms with van der Waals surface area (Å²) in [5.41, 5.74) is 0. The quantitative estimate of drug-likeness (QED) is 0.932. The highest BCUT2D eigenvalue weighted by Crippen LogP contribution is 2.22. The zero-order valence-electron chi connectivity index (χ0n) is 13.4. The van der Waals surface area contributed by atoms with E-state index in [1.54, 1.807) is 17.0 Å². The van der Waals surface area contributed by atoms with Gasteiger partial charge in [-0.25, -0.2) is 4.79 Å². The molecule has 1 aliphatic carbocycles. The molecule has 0 radical (unpaired) electrons. The van der Waals surface area contributed by atoms with Crippen molar-refractivity contribution in [1.82, 2.24) is 10.2 Å².